The summed E-state index contributed by atoms with van der Waals surface area (Å²) in [5.41, 5.74) is 0.961. The molecule has 0 spiro atoms. The SMILES string of the molecule is CCN1CCCC1c1ncc2cccc(O)n12. The lowest BCUT2D eigenvalue weighted by Crippen LogP contribution is -2.24. The summed E-state index contributed by atoms with van der Waals surface area (Å²) in [7, 11) is 0. The van der Waals surface area contributed by atoms with Crippen LogP contribution in [0.2, 0.25) is 0 Å². The first-order valence-corrected chi connectivity index (χ1v) is 6.20. The monoisotopic (exact) mass is 231 g/mol. The molecular weight excluding hydrogens is 214 g/mol. The lowest BCUT2D eigenvalue weighted by Gasteiger charge is -2.21. The highest BCUT2D eigenvalue weighted by atomic mass is 16.3. The van der Waals surface area contributed by atoms with Crippen LogP contribution in [0.15, 0.2) is 24.4 Å². The molecule has 2 aromatic rings. The fourth-order valence-corrected chi connectivity index (χ4v) is 2.79. The third-order valence-electron chi connectivity index (χ3n) is 3.63. The minimum atomic E-state index is 0.276. The summed E-state index contributed by atoms with van der Waals surface area (Å²) < 4.78 is 1.86. The molecule has 1 saturated heterocycles. The molecule has 3 heterocycles. The molecule has 0 bridgehead atoms. The molecule has 0 aromatic carbocycles. The van der Waals surface area contributed by atoms with Crippen LogP contribution >= 0.6 is 0 Å². The highest BCUT2D eigenvalue weighted by molar-refractivity contribution is 5.49. The molecule has 0 radical (unpaired) electrons. The number of fused-ring (bicyclic) bond motifs is 1. The number of nitrogens with zero attached hydrogens (tertiary/aromatic N) is 3. The zero-order valence-corrected chi connectivity index (χ0v) is 10.0. The summed E-state index contributed by atoms with van der Waals surface area (Å²) in [6, 6.07) is 5.88. The van der Waals surface area contributed by atoms with Gasteiger partial charge in [-0.1, -0.05) is 13.0 Å². The van der Waals surface area contributed by atoms with E-state index in [1.807, 2.05) is 22.7 Å². The first-order chi connectivity index (χ1) is 8.31. The van der Waals surface area contributed by atoms with Gasteiger partial charge in [0.1, 0.15) is 5.82 Å². The Hall–Kier alpha value is -1.55. The number of aromatic nitrogens is 2. The zero-order chi connectivity index (χ0) is 11.8. The van der Waals surface area contributed by atoms with Gasteiger partial charge >= 0.3 is 0 Å². The third-order valence-corrected chi connectivity index (χ3v) is 3.63. The van der Waals surface area contributed by atoms with Gasteiger partial charge in [-0.3, -0.25) is 9.30 Å². The van der Waals surface area contributed by atoms with Crippen molar-refractivity contribution < 1.29 is 5.11 Å². The van der Waals surface area contributed by atoms with Gasteiger partial charge in [0.2, 0.25) is 0 Å². The number of hydrogen-bond donors (Lipinski definition) is 1. The van der Waals surface area contributed by atoms with Gasteiger partial charge in [-0.05, 0) is 38.1 Å². The second kappa shape index (κ2) is 4.04. The van der Waals surface area contributed by atoms with Crippen LogP contribution in [0.5, 0.6) is 5.88 Å². The van der Waals surface area contributed by atoms with Crippen LogP contribution < -0.4 is 0 Å². The summed E-state index contributed by atoms with van der Waals surface area (Å²) in [4.78, 5) is 6.92. The maximum absolute atomic E-state index is 9.96. The number of likely N-dealkylation sites (tertiary alicyclic amines) is 1. The van der Waals surface area contributed by atoms with Crippen molar-refractivity contribution in [2.24, 2.45) is 0 Å². The first kappa shape index (κ1) is 10.6. The van der Waals surface area contributed by atoms with Crippen molar-refractivity contribution in [1.82, 2.24) is 14.3 Å². The molecule has 1 aliphatic heterocycles. The molecule has 1 fully saturated rings. The number of hydrogen-bond acceptors (Lipinski definition) is 3. The lowest BCUT2D eigenvalue weighted by molar-refractivity contribution is 0.259. The van der Waals surface area contributed by atoms with Crippen molar-refractivity contribution in [1.29, 1.82) is 0 Å². The summed E-state index contributed by atoms with van der Waals surface area (Å²) >= 11 is 0. The zero-order valence-electron chi connectivity index (χ0n) is 10.0. The molecule has 1 N–H and O–H groups in total. The van der Waals surface area contributed by atoms with E-state index in [9.17, 15) is 5.11 Å². The van der Waals surface area contributed by atoms with Gasteiger partial charge in [0.05, 0.1) is 17.8 Å². The van der Waals surface area contributed by atoms with Gasteiger partial charge in [-0.2, -0.15) is 0 Å². The molecule has 0 saturated carbocycles. The fraction of sp³-hybridized carbons (Fsp3) is 0.462. The van der Waals surface area contributed by atoms with E-state index in [4.69, 9.17) is 0 Å². The summed E-state index contributed by atoms with van der Waals surface area (Å²) in [6.45, 7) is 4.34. The minimum absolute atomic E-state index is 0.276. The van der Waals surface area contributed by atoms with E-state index in [0.717, 1.165) is 30.9 Å². The summed E-state index contributed by atoms with van der Waals surface area (Å²) in [6.07, 6.45) is 4.17. The van der Waals surface area contributed by atoms with E-state index >= 15 is 0 Å². The number of aromatic hydroxyl groups is 1. The standard InChI is InChI=1S/C13H17N3O/c1-2-15-8-4-6-11(15)13-14-9-10-5-3-7-12(17)16(10)13/h3,5,7,9,11,17H,2,4,6,8H2,1H3. The topological polar surface area (TPSA) is 40.8 Å². The van der Waals surface area contributed by atoms with Crippen molar-refractivity contribution in [3.63, 3.8) is 0 Å². The predicted molar refractivity (Wildman–Crippen MR) is 66.1 cm³/mol. The average Bonchev–Trinajstić information content (AvgIpc) is 2.94. The van der Waals surface area contributed by atoms with E-state index in [1.54, 1.807) is 6.07 Å². The molecule has 3 rings (SSSR count). The Morgan fingerprint density at radius 2 is 2.35 bits per heavy atom. The Morgan fingerprint density at radius 1 is 1.47 bits per heavy atom. The Balaban J connectivity index is 2.11. The fourth-order valence-electron chi connectivity index (χ4n) is 2.79. The van der Waals surface area contributed by atoms with Gasteiger partial charge in [0, 0.05) is 0 Å². The van der Waals surface area contributed by atoms with E-state index in [1.165, 1.54) is 6.42 Å². The van der Waals surface area contributed by atoms with Gasteiger partial charge in [0.15, 0.2) is 5.88 Å². The molecule has 4 nitrogen and oxygen atoms in total. The highest BCUT2D eigenvalue weighted by Gasteiger charge is 2.28. The van der Waals surface area contributed by atoms with Gasteiger partial charge < -0.3 is 5.11 Å². The van der Waals surface area contributed by atoms with Gasteiger partial charge in [-0.15, -0.1) is 0 Å². The Morgan fingerprint density at radius 3 is 3.18 bits per heavy atom. The largest absolute Gasteiger partial charge is 0.494 e. The van der Waals surface area contributed by atoms with E-state index in [-0.39, 0.29) is 5.88 Å². The van der Waals surface area contributed by atoms with Crippen LogP contribution in [-0.2, 0) is 0 Å². The first-order valence-electron chi connectivity index (χ1n) is 6.20. The van der Waals surface area contributed by atoms with E-state index in [0.29, 0.717) is 6.04 Å². The molecule has 17 heavy (non-hydrogen) atoms. The molecule has 4 heteroatoms. The summed E-state index contributed by atoms with van der Waals surface area (Å²) in [5, 5.41) is 9.96. The second-order valence-corrected chi connectivity index (χ2v) is 4.55. The van der Waals surface area contributed by atoms with Crippen molar-refractivity contribution in [2.75, 3.05) is 13.1 Å². The average molecular weight is 231 g/mol. The maximum atomic E-state index is 9.96. The second-order valence-electron chi connectivity index (χ2n) is 4.55. The molecule has 1 atom stereocenters. The van der Waals surface area contributed by atoms with Crippen LogP contribution in [-0.4, -0.2) is 32.5 Å². The molecule has 1 aliphatic rings. The van der Waals surface area contributed by atoms with Gasteiger partial charge in [0.25, 0.3) is 0 Å². The maximum Gasteiger partial charge on any atom is 0.197 e. The quantitative estimate of drug-likeness (QED) is 0.861. The van der Waals surface area contributed by atoms with E-state index in [2.05, 4.69) is 16.8 Å². The molecule has 0 amide bonds. The third kappa shape index (κ3) is 1.60. The predicted octanol–water partition coefficient (Wildman–Crippen LogP) is 2.20. The Kier molecular flexibility index (Phi) is 2.52. The smallest absolute Gasteiger partial charge is 0.197 e. The highest BCUT2D eigenvalue weighted by Crippen LogP contribution is 2.32. The van der Waals surface area contributed by atoms with Crippen LogP contribution in [0.1, 0.15) is 31.6 Å². The van der Waals surface area contributed by atoms with Gasteiger partial charge in [-0.25, -0.2) is 4.98 Å². The van der Waals surface area contributed by atoms with E-state index < -0.39 is 0 Å². The van der Waals surface area contributed by atoms with Crippen LogP contribution in [0, 0.1) is 0 Å². The lowest BCUT2D eigenvalue weighted by atomic mass is 10.2. The molecule has 1 unspecified atom stereocenters. The van der Waals surface area contributed by atoms with Crippen molar-refractivity contribution >= 4 is 5.52 Å². The number of pyridine rings is 1. The molecule has 90 valence electrons. The van der Waals surface area contributed by atoms with Crippen LogP contribution in [0.3, 0.4) is 0 Å². The van der Waals surface area contributed by atoms with Crippen LogP contribution in [0.4, 0.5) is 0 Å². The number of imidazole rings is 1. The molecular formula is C13H17N3O. The Bertz CT molecular complexity index is 534. The normalized spacial score (nSPS) is 21.4. The minimum Gasteiger partial charge on any atom is -0.494 e. The number of rotatable bonds is 2. The molecule has 2 aromatic heterocycles. The molecule has 0 aliphatic carbocycles. The van der Waals surface area contributed by atoms with Crippen molar-refractivity contribution in [3.8, 4) is 5.88 Å². The van der Waals surface area contributed by atoms with Crippen molar-refractivity contribution in [3.05, 3.63) is 30.2 Å². The van der Waals surface area contributed by atoms with Crippen LogP contribution in [0.25, 0.3) is 5.52 Å². The van der Waals surface area contributed by atoms with Crippen molar-refractivity contribution in [2.45, 2.75) is 25.8 Å². The summed E-state index contributed by atoms with van der Waals surface area (Å²) in [5.74, 6) is 1.25. The Labute approximate surface area is 101 Å².